The Morgan fingerprint density at radius 3 is 1.14 bits per heavy atom. The van der Waals surface area contributed by atoms with Crippen LogP contribution in [0.4, 0.5) is 0 Å². The van der Waals surface area contributed by atoms with Crippen LogP contribution < -0.4 is 0 Å². The Kier molecular flexibility index (Phi) is 10.1. The number of hydrogen-bond donors (Lipinski definition) is 0. The van der Waals surface area contributed by atoms with Gasteiger partial charge in [-0.3, -0.25) is 0 Å². The summed E-state index contributed by atoms with van der Waals surface area (Å²) < 4.78 is 2.55. The molecule has 0 N–H and O–H groups in total. The second kappa shape index (κ2) is 16.0. The van der Waals surface area contributed by atoms with E-state index >= 15 is 0 Å². The first-order chi connectivity index (χ1) is 31.0. The summed E-state index contributed by atoms with van der Waals surface area (Å²) in [6.45, 7) is 20.4. The van der Waals surface area contributed by atoms with Gasteiger partial charge in [0.1, 0.15) is 0 Å². The molecule has 64 heavy (non-hydrogen) atoms. The summed E-state index contributed by atoms with van der Waals surface area (Å²) in [5.74, 6) is 2.48. The van der Waals surface area contributed by atoms with Crippen LogP contribution in [0.3, 0.4) is 0 Å². The van der Waals surface area contributed by atoms with E-state index in [1.165, 1.54) is 66.3 Å². The molecule has 0 amide bonds. The van der Waals surface area contributed by atoms with Gasteiger partial charge in [-0.15, -0.1) is 0 Å². The van der Waals surface area contributed by atoms with Crippen LogP contribution >= 0.6 is 0 Å². The van der Waals surface area contributed by atoms with Crippen LogP contribution in [0.1, 0.15) is 50.1 Å². The molecule has 0 bridgehead atoms. The monoisotopic (exact) mass is 830 g/mol. The number of fused-ring (bicyclic) bond motifs is 3. The molecule has 7 aromatic carbocycles. The first-order valence-electron chi connectivity index (χ1n) is 22.0. The lowest BCUT2D eigenvalue weighted by Gasteiger charge is -2.21. The van der Waals surface area contributed by atoms with Crippen LogP contribution in [0.25, 0.3) is 95.6 Å². The number of hydrogen-bond acceptors (Lipinski definition) is 5. The maximum absolute atomic E-state index is 5.49. The molecule has 312 valence electrons. The van der Waals surface area contributed by atoms with Crippen molar-refractivity contribution in [1.29, 1.82) is 0 Å². The molecule has 0 aliphatic rings. The van der Waals surface area contributed by atoms with Gasteiger partial charge in [-0.25, -0.2) is 24.9 Å². The third kappa shape index (κ3) is 6.69. The first-order valence-corrected chi connectivity index (χ1v) is 22.0. The van der Waals surface area contributed by atoms with Crippen molar-refractivity contribution in [2.75, 3.05) is 0 Å². The predicted octanol–water partition coefficient (Wildman–Crippen LogP) is 14.5. The van der Waals surface area contributed by atoms with Gasteiger partial charge in [0.15, 0.2) is 23.3 Å². The van der Waals surface area contributed by atoms with E-state index in [1.54, 1.807) is 0 Å². The normalized spacial score (nSPS) is 11.5. The van der Waals surface area contributed by atoms with Gasteiger partial charge >= 0.3 is 0 Å². The Labute approximate surface area is 375 Å². The van der Waals surface area contributed by atoms with Crippen molar-refractivity contribution in [3.8, 4) is 73.8 Å². The second-order valence-corrected chi connectivity index (χ2v) is 17.2. The van der Waals surface area contributed by atoms with Gasteiger partial charge in [0, 0.05) is 44.2 Å². The minimum atomic E-state index is 0.595. The fourth-order valence-electron chi connectivity index (χ4n) is 9.42. The van der Waals surface area contributed by atoms with Crippen molar-refractivity contribution in [2.24, 2.45) is 0 Å². The van der Waals surface area contributed by atoms with Crippen LogP contribution in [0, 0.1) is 62.3 Å². The molecule has 10 aromatic rings. The molecule has 0 aliphatic carbocycles. The topological polar surface area (TPSA) is 69.4 Å². The zero-order valence-electron chi connectivity index (χ0n) is 38.0. The molecule has 0 fully saturated rings. The van der Waals surface area contributed by atoms with Gasteiger partial charge in [-0.05, 0) is 131 Å². The van der Waals surface area contributed by atoms with Crippen LogP contribution in [0.2, 0.25) is 0 Å². The Balaban J connectivity index is 1.37. The van der Waals surface area contributed by atoms with E-state index in [1.807, 2.05) is 60.7 Å². The Morgan fingerprint density at radius 1 is 0.312 bits per heavy atom. The lowest BCUT2D eigenvalue weighted by Crippen LogP contribution is -2.06. The molecule has 6 heteroatoms. The molecule has 0 saturated heterocycles. The first kappa shape index (κ1) is 40.5. The highest BCUT2D eigenvalue weighted by atomic mass is 15.0. The number of rotatable bonds is 7. The Bertz CT molecular complexity index is 3250. The highest BCUT2D eigenvalue weighted by Crippen LogP contribution is 2.46. The summed E-state index contributed by atoms with van der Waals surface area (Å²) in [6.07, 6.45) is 0. The molecule has 0 aliphatic heterocycles. The quantitative estimate of drug-likeness (QED) is 0.160. The van der Waals surface area contributed by atoms with Crippen molar-refractivity contribution in [3.63, 3.8) is 0 Å². The molecule has 3 aromatic heterocycles. The zero-order valence-corrected chi connectivity index (χ0v) is 38.0. The number of benzene rings is 7. The van der Waals surface area contributed by atoms with Crippen LogP contribution in [-0.2, 0) is 0 Å². The van der Waals surface area contributed by atoms with Crippen molar-refractivity contribution >= 4 is 21.8 Å². The third-order valence-electron chi connectivity index (χ3n) is 13.6. The SMILES string of the molecule is Cc1cc(-n2c3c(C)c(C)c(C)c(C)c3c3c(C)c(C)c(C)c(C)c32)c(-c2cc(-c3ccccc3)nc(-c3ccccc3)n2)cc1-c1nc(-c2ccccc2)nc(-c2ccccc2)n1. The molecule has 10 rings (SSSR count). The third-order valence-corrected chi connectivity index (χ3v) is 13.6. The van der Waals surface area contributed by atoms with Gasteiger partial charge in [-0.1, -0.05) is 121 Å². The van der Waals surface area contributed by atoms with Crippen molar-refractivity contribution in [2.45, 2.75) is 62.3 Å². The van der Waals surface area contributed by atoms with Crippen molar-refractivity contribution in [3.05, 3.63) is 190 Å². The summed E-state index contributed by atoms with van der Waals surface area (Å²) >= 11 is 0. The van der Waals surface area contributed by atoms with E-state index in [-0.39, 0.29) is 0 Å². The molecule has 3 heterocycles. The minimum absolute atomic E-state index is 0.595. The molecule has 0 spiro atoms. The smallest absolute Gasteiger partial charge is 0.164 e. The molecular weight excluding hydrogens is 781 g/mol. The summed E-state index contributed by atoms with van der Waals surface area (Å²) in [5.41, 5.74) is 22.3. The second-order valence-electron chi connectivity index (χ2n) is 17.2. The fourth-order valence-corrected chi connectivity index (χ4v) is 9.42. The van der Waals surface area contributed by atoms with Gasteiger partial charge in [0.25, 0.3) is 0 Å². The largest absolute Gasteiger partial charge is 0.308 e. The summed E-state index contributed by atoms with van der Waals surface area (Å²) in [7, 11) is 0. The number of nitrogens with zero attached hydrogens (tertiary/aromatic N) is 6. The van der Waals surface area contributed by atoms with Gasteiger partial charge in [-0.2, -0.15) is 0 Å². The molecular formula is C58H50N6. The summed E-state index contributed by atoms with van der Waals surface area (Å²) in [4.78, 5) is 26.3. The van der Waals surface area contributed by atoms with E-state index in [0.717, 1.165) is 56.0 Å². The van der Waals surface area contributed by atoms with Gasteiger partial charge < -0.3 is 4.57 Å². The van der Waals surface area contributed by atoms with E-state index < -0.39 is 0 Å². The summed E-state index contributed by atoms with van der Waals surface area (Å²) in [6, 6.07) is 47.7. The molecule has 0 unspecified atom stereocenters. The predicted molar refractivity (Wildman–Crippen MR) is 265 cm³/mol. The zero-order chi connectivity index (χ0) is 44.4. The lowest BCUT2D eigenvalue weighted by molar-refractivity contribution is 1.07. The summed E-state index contributed by atoms with van der Waals surface area (Å²) in [5, 5.41) is 2.61. The standard InChI is InChI=1S/C58H50N6/c1-33-30-50(64-53-40(8)36(4)34(2)38(6)51(53)52-39(7)35(3)37(5)41(9)54(52)64)47(49-32-48(42-22-14-10-15-23-42)59-55(60-49)43-24-16-11-17-25-43)31-46(33)58-62-56(44-26-18-12-19-27-44)61-57(63-58)45-28-20-13-21-29-45/h10-32H,1-9H3. The van der Waals surface area contributed by atoms with E-state index in [9.17, 15) is 0 Å². The van der Waals surface area contributed by atoms with E-state index in [2.05, 4.69) is 146 Å². The average Bonchev–Trinajstić information content (AvgIpc) is 3.71. The van der Waals surface area contributed by atoms with Crippen molar-refractivity contribution in [1.82, 2.24) is 29.5 Å². The number of aromatic nitrogens is 6. The molecule has 6 nitrogen and oxygen atoms in total. The fraction of sp³-hybridized carbons (Fsp3) is 0.155. The maximum atomic E-state index is 5.49. The van der Waals surface area contributed by atoms with Gasteiger partial charge in [0.2, 0.25) is 0 Å². The Hall–Kier alpha value is -7.57. The highest BCUT2D eigenvalue weighted by molar-refractivity contribution is 6.16. The maximum Gasteiger partial charge on any atom is 0.164 e. The van der Waals surface area contributed by atoms with Crippen LogP contribution in [0.5, 0.6) is 0 Å². The molecule has 0 radical (unpaired) electrons. The highest BCUT2D eigenvalue weighted by Gasteiger charge is 2.27. The Morgan fingerprint density at radius 2 is 0.688 bits per heavy atom. The van der Waals surface area contributed by atoms with E-state index in [0.29, 0.717) is 23.3 Å². The van der Waals surface area contributed by atoms with Gasteiger partial charge in [0.05, 0.1) is 28.1 Å². The molecule has 0 saturated carbocycles. The van der Waals surface area contributed by atoms with Crippen LogP contribution in [-0.4, -0.2) is 29.5 Å². The van der Waals surface area contributed by atoms with Crippen molar-refractivity contribution < 1.29 is 0 Å². The van der Waals surface area contributed by atoms with E-state index in [4.69, 9.17) is 24.9 Å². The number of aryl methyl sites for hydroxylation is 5. The lowest BCUT2D eigenvalue weighted by atomic mass is 9.90. The average molecular weight is 831 g/mol. The van der Waals surface area contributed by atoms with Crippen LogP contribution in [0.15, 0.2) is 140 Å². The minimum Gasteiger partial charge on any atom is -0.308 e. The molecule has 0 atom stereocenters.